The highest BCUT2D eigenvalue weighted by atomic mass is 32.1. The van der Waals surface area contributed by atoms with Crippen molar-refractivity contribution in [2.24, 2.45) is 11.8 Å². The van der Waals surface area contributed by atoms with Gasteiger partial charge in [0.1, 0.15) is 0 Å². The quantitative estimate of drug-likeness (QED) is 0.788. The molecule has 0 aromatic heterocycles. The lowest BCUT2D eigenvalue weighted by Gasteiger charge is -2.37. The zero-order valence-corrected chi connectivity index (χ0v) is 13.5. The summed E-state index contributed by atoms with van der Waals surface area (Å²) in [7, 11) is 0. The molecule has 1 amide bonds. The molecule has 2 saturated carbocycles. The zero-order valence-electron chi connectivity index (χ0n) is 12.7. The van der Waals surface area contributed by atoms with Gasteiger partial charge >= 0.3 is 6.09 Å². The molecule has 1 heterocycles. The van der Waals surface area contributed by atoms with Gasteiger partial charge in [-0.1, -0.05) is 6.42 Å². The van der Waals surface area contributed by atoms with Crippen molar-refractivity contribution in [1.82, 2.24) is 15.1 Å². The van der Waals surface area contributed by atoms with Crippen molar-refractivity contribution in [2.75, 3.05) is 32.8 Å². The maximum absolute atomic E-state index is 11.7. The molecule has 118 valence electrons. The Balaban J connectivity index is 1.44. The topological polar surface area (TPSA) is 44.8 Å². The van der Waals surface area contributed by atoms with Crippen LogP contribution in [0.25, 0.3) is 0 Å². The molecule has 5 nitrogen and oxygen atoms in total. The van der Waals surface area contributed by atoms with Gasteiger partial charge in [0.15, 0.2) is 5.11 Å². The number of hydrogen-bond donors (Lipinski definition) is 1. The van der Waals surface area contributed by atoms with Crippen LogP contribution in [-0.4, -0.2) is 59.8 Å². The van der Waals surface area contributed by atoms with Crippen LogP contribution in [0.1, 0.15) is 32.6 Å². The number of piperazine rings is 1. The van der Waals surface area contributed by atoms with E-state index >= 15 is 0 Å². The van der Waals surface area contributed by atoms with E-state index in [0.29, 0.717) is 25.7 Å². The normalized spacial score (nSPS) is 31.4. The number of hydrogen-bond acceptors (Lipinski definition) is 3. The lowest BCUT2D eigenvalue weighted by molar-refractivity contribution is 0.0916. The Labute approximate surface area is 132 Å². The summed E-state index contributed by atoms with van der Waals surface area (Å²) in [5, 5.41) is 4.44. The second-order valence-electron chi connectivity index (χ2n) is 6.40. The Morgan fingerprint density at radius 3 is 2.48 bits per heavy atom. The lowest BCUT2D eigenvalue weighted by atomic mass is 9.95. The Morgan fingerprint density at radius 1 is 1.19 bits per heavy atom. The van der Waals surface area contributed by atoms with E-state index in [1.807, 2.05) is 6.92 Å². The van der Waals surface area contributed by atoms with Gasteiger partial charge in [0.25, 0.3) is 0 Å². The number of thiocarbonyl (C=S) groups is 1. The number of ether oxygens (including phenoxy) is 1. The summed E-state index contributed by atoms with van der Waals surface area (Å²) in [4.78, 5) is 15.6. The van der Waals surface area contributed by atoms with Crippen molar-refractivity contribution < 1.29 is 9.53 Å². The SMILES string of the molecule is CCOC(=O)N1CCN(C(=S)N[C@@H]2C[C@@H]3CC[C@@H]2C3)CC1. The van der Waals surface area contributed by atoms with E-state index in [0.717, 1.165) is 30.0 Å². The lowest BCUT2D eigenvalue weighted by Crippen LogP contribution is -2.55. The van der Waals surface area contributed by atoms with Crippen molar-refractivity contribution in [1.29, 1.82) is 0 Å². The number of rotatable bonds is 2. The van der Waals surface area contributed by atoms with E-state index in [1.165, 1.54) is 25.7 Å². The largest absolute Gasteiger partial charge is 0.450 e. The van der Waals surface area contributed by atoms with Gasteiger partial charge in [-0.15, -0.1) is 0 Å². The first kappa shape index (κ1) is 14.9. The van der Waals surface area contributed by atoms with Gasteiger partial charge in [-0.25, -0.2) is 4.79 Å². The fraction of sp³-hybridized carbons (Fsp3) is 0.867. The highest BCUT2D eigenvalue weighted by Crippen LogP contribution is 2.44. The first-order chi connectivity index (χ1) is 10.2. The van der Waals surface area contributed by atoms with Gasteiger partial charge in [0, 0.05) is 32.2 Å². The Kier molecular flexibility index (Phi) is 4.52. The first-order valence-corrected chi connectivity index (χ1v) is 8.55. The highest BCUT2D eigenvalue weighted by molar-refractivity contribution is 7.80. The van der Waals surface area contributed by atoms with Crippen LogP contribution < -0.4 is 5.32 Å². The summed E-state index contributed by atoms with van der Waals surface area (Å²) in [6.45, 7) is 5.25. The molecule has 0 aromatic carbocycles. The Bertz CT molecular complexity index is 410. The van der Waals surface area contributed by atoms with E-state index < -0.39 is 0 Å². The number of nitrogens with one attached hydrogen (secondary N) is 1. The molecule has 0 aromatic rings. The third-order valence-corrected chi connectivity index (χ3v) is 5.52. The number of amides is 1. The monoisotopic (exact) mass is 311 g/mol. The second-order valence-corrected chi connectivity index (χ2v) is 6.79. The molecule has 2 aliphatic carbocycles. The van der Waals surface area contributed by atoms with Gasteiger partial charge < -0.3 is 19.9 Å². The van der Waals surface area contributed by atoms with E-state index in [1.54, 1.807) is 4.90 Å². The van der Waals surface area contributed by atoms with Crippen LogP contribution in [0, 0.1) is 11.8 Å². The molecule has 3 atom stereocenters. The van der Waals surface area contributed by atoms with Crippen molar-refractivity contribution >= 4 is 23.4 Å². The van der Waals surface area contributed by atoms with Gasteiger partial charge in [-0.2, -0.15) is 0 Å². The smallest absolute Gasteiger partial charge is 0.409 e. The molecule has 1 N–H and O–H groups in total. The second kappa shape index (κ2) is 6.38. The van der Waals surface area contributed by atoms with Crippen LogP contribution in [-0.2, 0) is 4.74 Å². The highest BCUT2D eigenvalue weighted by Gasteiger charge is 2.40. The summed E-state index contributed by atoms with van der Waals surface area (Å²) in [6.07, 6.45) is 5.24. The predicted octanol–water partition coefficient (Wildman–Crippen LogP) is 1.82. The average molecular weight is 311 g/mol. The van der Waals surface area contributed by atoms with Crippen LogP contribution in [0.5, 0.6) is 0 Å². The number of nitrogens with zero attached hydrogens (tertiary/aromatic N) is 2. The molecule has 1 aliphatic heterocycles. The summed E-state index contributed by atoms with van der Waals surface area (Å²) in [5.41, 5.74) is 0. The van der Waals surface area contributed by atoms with Crippen molar-refractivity contribution in [2.45, 2.75) is 38.6 Å². The molecular formula is C15H25N3O2S. The molecule has 0 unspecified atom stereocenters. The molecule has 1 saturated heterocycles. The maximum atomic E-state index is 11.7. The van der Waals surface area contributed by atoms with Crippen LogP contribution in [0.2, 0.25) is 0 Å². The van der Waals surface area contributed by atoms with E-state index in [9.17, 15) is 4.79 Å². The molecule has 3 aliphatic rings. The van der Waals surface area contributed by atoms with Crippen molar-refractivity contribution in [3.8, 4) is 0 Å². The summed E-state index contributed by atoms with van der Waals surface area (Å²) in [5.74, 6) is 1.75. The van der Waals surface area contributed by atoms with E-state index in [-0.39, 0.29) is 6.09 Å². The standard InChI is InChI=1S/C15H25N3O2S/c1-2-20-15(19)18-7-5-17(6-8-18)14(21)16-13-10-11-3-4-12(13)9-11/h11-13H,2-10H2,1H3,(H,16,21)/t11-,12-,13-/m1/s1. The summed E-state index contributed by atoms with van der Waals surface area (Å²) < 4.78 is 5.04. The van der Waals surface area contributed by atoms with E-state index in [2.05, 4.69) is 10.2 Å². The van der Waals surface area contributed by atoms with Crippen molar-refractivity contribution in [3.63, 3.8) is 0 Å². The molecule has 3 rings (SSSR count). The minimum atomic E-state index is -0.205. The van der Waals surface area contributed by atoms with Gasteiger partial charge in [0.2, 0.25) is 0 Å². The van der Waals surface area contributed by atoms with Gasteiger partial charge in [-0.05, 0) is 50.2 Å². The molecule has 0 radical (unpaired) electrons. The van der Waals surface area contributed by atoms with Crippen LogP contribution in [0.3, 0.4) is 0 Å². The molecule has 6 heteroatoms. The third-order valence-electron chi connectivity index (χ3n) is 5.14. The average Bonchev–Trinajstić information content (AvgIpc) is 3.10. The van der Waals surface area contributed by atoms with Crippen LogP contribution in [0.4, 0.5) is 4.79 Å². The number of carbonyl (C=O) groups is 1. The molecule has 3 fully saturated rings. The molecular weight excluding hydrogens is 286 g/mol. The first-order valence-electron chi connectivity index (χ1n) is 8.14. The van der Waals surface area contributed by atoms with Crippen LogP contribution >= 0.6 is 12.2 Å². The third kappa shape index (κ3) is 3.25. The summed E-state index contributed by atoms with van der Waals surface area (Å²) >= 11 is 5.56. The zero-order chi connectivity index (χ0) is 14.8. The Morgan fingerprint density at radius 2 is 1.90 bits per heavy atom. The maximum Gasteiger partial charge on any atom is 0.409 e. The minimum Gasteiger partial charge on any atom is -0.450 e. The van der Waals surface area contributed by atoms with Crippen LogP contribution in [0.15, 0.2) is 0 Å². The minimum absolute atomic E-state index is 0.205. The number of carbonyl (C=O) groups excluding carboxylic acids is 1. The fourth-order valence-corrected chi connectivity index (χ4v) is 4.31. The van der Waals surface area contributed by atoms with Gasteiger partial charge in [-0.3, -0.25) is 0 Å². The number of fused-ring (bicyclic) bond motifs is 2. The summed E-state index contributed by atoms with van der Waals surface area (Å²) in [6, 6.07) is 0.583. The van der Waals surface area contributed by atoms with E-state index in [4.69, 9.17) is 17.0 Å². The molecule has 2 bridgehead atoms. The molecule has 21 heavy (non-hydrogen) atoms. The predicted molar refractivity (Wildman–Crippen MR) is 85.1 cm³/mol. The molecule has 0 spiro atoms. The van der Waals surface area contributed by atoms with Crippen molar-refractivity contribution in [3.05, 3.63) is 0 Å². The van der Waals surface area contributed by atoms with Gasteiger partial charge in [0.05, 0.1) is 6.61 Å². The fourth-order valence-electron chi connectivity index (χ4n) is 3.98. The Hall–Kier alpha value is -1.04.